The van der Waals surface area contributed by atoms with E-state index in [1.165, 1.54) is 45.2 Å². The van der Waals surface area contributed by atoms with Gasteiger partial charge in [0.2, 0.25) is 0 Å². The number of nitrogens with one attached hydrogen (secondary N) is 1. The van der Waals surface area contributed by atoms with E-state index in [0.29, 0.717) is 6.04 Å². The summed E-state index contributed by atoms with van der Waals surface area (Å²) in [6.07, 6.45) is 6.80. The van der Waals surface area contributed by atoms with E-state index in [-0.39, 0.29) is 0 Å². The van der Waals surface area contributed by atoms with Gasteiger partial charge in [0.25, 0.3) is 0 Å². The maximum Gasteiger partial charge on any atom is 0.0195 e. The predicted molar refractivity (Wildman–Crippen MR) is 76.4 cm³/mol. The quantitative estimate of drug-likeness (QED) is 0.655. The lowest BCUT2D eigenvalue weighted by Gasteiger charge is -2.33. The summed E-state index contributed by atoms with van der Waals surface area (Å²) >= 11 is 0. The van der Waals surface area contributed by atoms with Crippen LogP contribution in [0.4, 0.5) is 0 Å². The fraction of sp³-hybridized carbons (Fsp3) is 1.00. The second kappa shape index (κ2) is 8.10. The van der Waals surface area contributed by atoms with Gasteiger partial charge in [-0.25, -0.2) is 0 Å². The van der Waals surface area contributed by atoms with Crippen LogP contribution in [-0.2, 0) is 0 Å². The molecule has 2 unspecified atom stereocenters. The van der Waals surface area contributed by atoms with Crippen molar-refractivity contribution in [1.82, 2.24) is 10.2 Å². The summed E-state index contributed by atoms with van der Waals surface area (Å²) in [5.41, 5.74) is 0. The standard InChI is InChI=1S/C15H32N2/c1-5-6-7-10-16-12-14(4)17-11-8-9-15(17)13(2)3/h13-16H,5-12H2,1-4H3. The molecule has 0 saturated carbocycles. The van der Waals surface area contributed by atoms with Crippen LogP contribution in [0.2, 0.25) is 0 Å². The first-order chi connectivity index (χ1) is 8.16. The molecule has 2 nitrogen and oxygen atoms in total. The second-order valence-electron chi connectivity index (χ2n) is 5.95. The number of nitrogens with zero attached hydrogens (tertiary/aromatic N) is 1. The van der Waals surface area contributed by atoms with Gasteiger partial charge in [0.1, 0.15) is 0 Å². The molecule has 0 amide bonds. The van der Waals surface area contributed by atoms with Gasteiger partial charge >= 0.3 is 0 Å². The summed E-state index contributed by atoms with van der Waals surface area (Å²) < 4.78 is 0. The van der Waals surface area contributed by atoms with Gasteiger partial charge in [-0.1, -0.05) is 33.6 Å². The SMILES string of the molecule is CCCCCNCC(C)N1CCCC1C(C)C. The Hall–Kier alpha value is -0.0800. The van der Waals surface area contributed by atoms with Crippen LogP contribution in [0.1, 0.15) is 59.8 Å². The highest BCUT2D eigenvalue weighted by Gasteiger charge is 2.29. The second-order valence-corrected chi connectivity index (χ2v) is 5.95. The number of unbranched alkanes of at least 4 members (excludes halogenated alkanes) is 2. The van der Waals surface area contributed by atoms with Gasteiger partial charge in [0.15, 0.2) is 0 Å². The van der Waals surface area contributed by atoms with Crippen molar-refractivity contribution in [2.75, 3.05) is 19.6 Å². The Labute approximate surface area is 108 Å². The molecule has 0 spiro atoms. The Kier molecular flexibility index (Phi) is 7.14. The molecule has 1 N–H and O–H groups in total. The molecule has 2 heteroatoms. The fourth-order valence-electron chi connectivity index (χ4n) is 3.01. The van der Waals surface area contributed by atoms with E-state index in [1.807, 2.05) is 0 Å². The van der Waals surface area contributed by atoms with E-state index in [4.69, 9.17) is 0 Å². The Balaban J connectivity index is 2.20. The number of likely N-dealkylation sites (tertiary alicyclic amines) is 1. The molecule has 102 valence electrons. The molecule has 1 aliphatic rings. The molecule has 0 radical (unpaired) electrons. The molecule has 0 aliphatic carbocycles. The van der Waals surface area contributed by atoms with Crippen LogP contribution in [0, 0.1) is 5.92 Å². The van der Waals surface area contributed by atoms with Crippen molar-refractivity contribution in [2.45, 2.75) is 71.9 Å². The summed E-state index contributed by atoms with van der Waals surface area (Å²) in [4.78, 5) is 2.72. The molecule has 0 aromatic heterocycles. The van der Waals surface area contributed by atoms with Gasteiger partial charge in [-0.15, -0.1) is 0 Å². The van der Waals surface area contributed by atoms with Crippen molar-refractivity contribution >= 4 is 0 Å². The predicted octanol–water partition coefficient (Wildman–Crippen LogP) is 3.28. The van der Waals surface area contributed by atoms with Crippen molar-refractivity contribution in [1.29, 1.82) is 0 Å². The number of hydrogen-bond acceptors (Lipinski definition) is 2. The first-order valence-corrected chi connectivity index (χ1v) is 7.63. The molecule has 17 heavy (non-hydrogen) atoms. The Morgan fingerprint density at radius 1 is 1.24 bits per heavy atom. The van der Waals surface area contributed by atoms with Gasteiger partial charge in [0, 0.05) is 18.6 Å². The average Bonchev–Trinajstić information content (AvgIpc) is 2.77. The van der Waals surface area contributed by atoms with Gasteiger partial charge in [0.05, 0.1) is 0 Å². The highest BCUT2D eigenvalue weighted by atomic mass is 15.2. The molecule has 1 saturated heterocycles. The van der Waals surface area contributed by atoms with Crippen molar-refractivity contribution < 1.29 is 0 Å². The largest absolute Gasteiger partial charge is 0.315 e. The van der Waals surface area contributed by atoms with E-state index in [1.54, 1.807) is 0 Å². The summed E-state index contributed by atoms with van der Waals surface area (Å²) in [5.74, 6) is 0.806. The lowest BCUT2D eigenvalue weighted by Crippen LogP contribution is -2.45. The number of hydrogen-bond donors (Lipinski definition) is 1. The minimum atomic E-state index is 0.700. The van der Waals surface area contributed by atoms with Gasteiger partial charge in [-0.3, -0.25) is 4.90 Å². The molecule has 0 aromatic carbocycles. The highest BCUT2D eigenvalue weighted by molar-refractivity contribution is 4.85. The Morgan fingerprint density at radius 3 is 2.65 bits per heavy atom. The van der Waals surface area contributed by atoms with Gasteiger partial charge in [-0.05, 0) is 45.2 Å². The van der Waals surface area contributed by atoms with Crippen molar-refractivity contribution in [3.63, 3.8) is 0 Å². The minimum absolute atomic E-state index is 0.700. The van der Waals surface area contributed by atoms with Crippen LogP contribution < -0.4 is 5.32 Å². The monoisotopic (exact) mass is 240 g/mol. The molecular formula is C15H32N2. The maximum absolute atomic E-state index is 3.61. The molecule has 2 atom stereocenters. The minimum Gasteiger partial charge on any atom is -0.315 e. The molecule has 1 aliphatic heterocycles. The average molecular weight is 240 g/mol. The van der Waals surface area contributed by atoms with E-state index in [2.05, 4.69) is 37.9 Å². The zero-order chi connectivity index (χ0) is 12.7. The molecule has 1 fully saturated rings. The summed E-state index contributed by atoms with van der Waals surface area (Å²) in [6.45, 7) is 13.0. The fourth-order valence-corrected chi connectivity index (χ4v) is 3.01. The highest BCUT2D eigenvalue weighted by Crippen LogP contribution is 2.25. The first kappa shape index (κ1) is 15.0. The van der Waals surface area contributed by atoms with Crippen LogP contribution >= 0.6 is 0 Å². The van der Waals surface area contributed by atoms with Crippen LogP contribution in [0.25, 0.3) is 0 Å². The molecule has 1 rings (SSSR count). The Bertz CT molecular complexity index is 191. The van der Waals surface area contributed by atoms with E-state index in [0.717, 1.165) is 18.5 Å². The van der Waals surface area contributed by atoms with Crippen molar-refractivity contribution in [2.24, 2.45) is 5.92 Å². The third kappa shape index (κ3) is 4.97. The van der Waals surface area contributed by atoms with Crippen molar-refractivity contribution in [3.8, 4) is 0 Å². The summed E-state index contributed by atoms with van der Waals surface area (Å²) in [5, 5.41) is 3.61. The van der Waals surface area contributed by atoms with Gasteiger partial charge in [-0.2, -0.15) is 0 Å². The van der Waals surface area contributed by atoms with Gasteiger partial charge < -0.3 is 5.32 Å². The third-order valence-corrected chi connectivity index (χ3v) is 4.07. The van der Waals surface area contributed by atoms with Crippen molar-refractivity contribution in [3.05, 3.63) is 0 Å². The zero-order valence-electron chi connectivity index (χ0n) is 12.3. The number of rotatable bonds is 8. The molecule has 1 heterocycles. The molecule has 0 aromatic rings. The van der Waals surface area contributed by atoms with Crippen LogP contribution in [-0.4, -0.2) is 36.6 Å². The summed E-state index contributed by atoms with van der Waals surface area (Å²) in [7, 11) is 0. The lowest BCUT2D eigenvalue weighted by molar-refractivity contribution is 0.153. The van der Waals surface area contributed by atoms with E-state index in [9.17, 15) is 0 Å². The van der Waals surface area contributed by atoms with E-state index < -0.39 is 0 Å². The van der Waals surface area contributed by atoms with Crippen LogP contribution in [0.3, 0.4) is 0 Å². The third-order valence-electron chi connectivity index (χ3n) is 4.07. The summed E-state index contributed by atoms with van der Waals surface area (Å²) in [6, 6.07) is 1.52. The van der Waals surface area contributed by atoms with Crippen LogP contribution in [0.5, 0.6) is 0 Å². The normalized spacial score (nSPS) is 23.5. The molecular weight excluding hydrogens is 208 g/mol. The van der Waals surface area contributed by atoms with E-state index >= 15 is 0 Å². The maximum atomic E-state index is 3.61. The smallest absolute Gasteiger partial charge is 0.0195 e. The molecule has 0 bridgehead atoms. The Morgan fingerprint density at radius 2 is 2.00 bits per heavy atom. The zero-order valence-corrected chi connectivity index (χ0v) is 12.3. The lowest BCUT2D eigenvalue weighted by atomic mass is 10.0. The topological polar surface area (TPSA) is 15.3 Å². The first-order valence-electron chi connectivity index (χ1n) is 7.63. The van der Waals surface area contributed by atoms with Crippen LogP contribution in [0.15, 0.2) is 0 Å².